The monoisotopic (exact) mass is 296 g/mol. The first kappa shape index (κ1) is 17.8. The van der Waals surface area contributed by atoms with Crippen LogP contribution < -0.4 is 14.8 Å². The number of methoxy groups -OCH3 is 1. The Labute approximate surface area is 127 Å². The fraction of sp³-hybridized carbons (Fsp3) is 0.625. The largest absolute Gasteiger partial charge is 0.497 e. The second kappa shape index (κ2) is 10.4. The maximum Gasteiger partial charge on any atom is 0.123 e. The highest BCUT2D eigenvalue weighted by molar-refractivity contribution is 5.32. The normalized spacial score (nSPS) is 12.4. The summed E-state index contributed by atoms with van der Waals surface area (Å²) in [6, 6.07) is 7.38. The molecule has 0 amide bonds. The van der Waals surface area contributed by atoms with Crippen molar-refractivity contribution in [3.63, 3.8) is 0 Å². The second-order valence-electron chi connectivity index (χ2n) is 5.36. The molecule has 2 N–H and O–H groups in total. The smallest absolute Gasteiger partial charge is 0.123 e. The fourth-order valence-corrected chi connectivity index (χ4v) is 1.89. The van der Waals surface area contributed by atoms with E-state index in [9.17, 15) is 5.11 Å². The van der Waals surface area contributed by atoms with Gasteiger partial charge in [0.2, 0.25) is 0 Å². The van der Waals surface area contributed by atoms with Gasteiger partial charge in [0.05, 0.1) is 7.11 Å². The van der Waals surface area contributed by atoms with E-state index in [1.165, 1.54) is 0 Å². The summed E-state index contributed by atoms with van der Waals surface area (Å²) in [4.78, 5) is 2.18. The maximum absolute atomic E-state index is 9.85. The minimum absolute atomic E-state index is 0.276. The summed E-state index contributed by atoms with van der Waals surface area (Å²) in [6.45, 7) is 2.84. The number of benzene rings is 1. The number of nitrogens with zero attached hydrogens (tertiary/aromatic N) is 1. The van der Waals surface area contributed by atoms with Crippen LogP contribution in [-0.2, 0) is 0 Å². The number of hydrogen-bond acceptors (Lipinski definition) is 5. The van der Waals surface area contributed by atoms with E-state index in [2.05, 4.69) is 24.3 Å². The molecule has 1 unspecified atom stereocenters. The van der Waals surface area contributed by atoms with Gasteiger partial charge in [-0.25, -0.2) is 0 Å². The molecule has 1 aromatic rings. The lowest BCUT2D eigenvalue weighted by molar-refractivity contribution is 0.106. The number of ether oxygens (including phenoxy) is 2. The summed E-state index contributed by atoms with van der Waals surface area (Å²) >= 11 is 0. The number of aliphatic hydroxyl groups excluding tert-OH is 1. The van der Waals surface area contributed by atoms with Gasteiger partial charge in [0.15, 0.2) is 0 Å². The van der Waals surface area contributed by atoms with E-state index in [4.69, 9.17) is 9.47 Å². The lowest BCUT2D eigenvalue weighted by Crippen LogP contribution is -2.32. The van der Waals surface area contributed by atoms with Crippen LogP contribution in [0.5, 0.6) is 11.5 Å². The van der Waals surface area contributed by atoms with Crippen molar-refractivity contribution in [2.24, 2.45) is 0 Å². The summed E-state index contributed by atoms with van der Waals surface area (Å²) in [6.07, 6.45) is 1.77. The van der Waals surface area contributed by atoms with Crippen molar-refractivity contribution in [1.29, 1.82) is 0 Å². The van der Waals surface area contributed by atoms with Crippen LogP contribution in [0.3, 0.4) is 0 Å². The van der Waals surface area contributed by atoms with Gasteiger partial charge in [-0.05, 0) is 52.2 Å². The molecule has 0 spiro atoms. The average Bonchev–Trinajstić information content (AvgIpc) is 2.48. The first-order valence-electron chi connectivity index (χ1n) is 7.42. The number of nitrogens with one attached hydrogen (secondary N) is 1. The fourth-order valence-electron chi connectivity index (χ4n) is 1.89. The van der Waals surface area contributed by atoms with Crippen LogP contribution >= 0.6 is 0 Å². The predicted molar refractivity (Wildman–Crippen MR) is 85.2 cm³/mol. The molecule has 0 radical (unpaired) electrons. The summed E-state index contributed by atoms with van der Waals surface area (Å²) in [7, 11) is 5.77. The molecule has 0 aliphatic carbocycles. The highest BCUT2D eigenvalue weighted by atomic mass is 16.5. The Morgan fingerprint density at radius 1 is 1.24 bits per heavy atom. The molecule has 120 valence electrons. The van der Waals surface area contributed by atoms with Gasteiger partial charge in [-0.3, -0.25) is 0 Å². The van der Waals surface area contributed by atoms with E-state index in [-0.39, 0.29) is 6.61 Å². The van der Waals surface area contributed by atoms with E-state index in [0.717, 1.165) is 31.7 Å². The molecule has 0 bridgehead atoms. The lowest BCUT2D eigenvalue weighted by Gasteiger charge is -2.14. The van der Waals surface area contributed by atoms with Gasteiger partial charge < -0.3 is 24.8 Å². The first-order chi connectivity index (χ1) is 10.1. The van der Waals surface area contributed by atoms with Crippen LogP contribution in [0.15, 0.2) is 24.3 Å². The van der Waals surface area contributed by atoms with E-state index < -0.39 is 6.10 Å². The van der Waals surface area contributed by atoms with E-state index in [1.54, 1.807) is 13.2 Å². The zero-order chi connectivity index (χ0) is 15.5. The van der Waals surface area contributed by atoms with Crippen LogP contribution in [0.1, 0.15) is 12.8 Å². The van der Waals surface area contributed by atoms with Crippen molar-refractivity contribution >= 4 is 0 Å². The summed E-state index contributed by atoms with van der Waals surface area (Å²) in [5, 5.41) is 13.1. The molecule has 0 fully saturated rings. The van der Waals surface area contributed by atoms with Crippen LogP contribution in [0.4, 0.5) is 0 Å². The molecule has 0 aliphatic rings. The number of hydrogen-bond donors (Lipinski definition) is 2. The molecule has 0 saturated heterocycles. The third kappa shape index (κ3) is 8.55. The maximum atomic E-state index is 9.85. The highest BCUT2D eigenvalue weighted by Crippen LogP contribution is 2.18. The van der Waals surface area contributed by atoms with E-state index >= 15 is 0 Å². The van der Waals surface area contributed by atoms with Crippen molar-refractivity contribution in [2.45, 2.75) is 18.9 Å². The lowest BCUT2D eigenvalue weighted by atomic mass is 10.3. The van der Waals surface area contributed by atoms with Crippen LogP contribution in [0.2, 0.25) is 0 Å². The molecule has 5 nitrogen and oxygen atoms in total. The quantitative estimate of drug-likeness (QED) is 0.604. The molecule has 0 aliphatic heterocycles. The molecule has 0 aromatic heterocycles. The third-order valence-electron chi connectivity index (χ3n) is 3.07. The van der Waals surface area contributed by atoms with Gasteiger partial charge in [0.25, 0.3) is 0 Å². The Morgan fingerprint density at radius 2 is 2.00 bits per heavy atom. The number of unbranched alkanes of at least 4 members (excludes halogenated alkanes) is 1. The molecular formula is C16H28N2O3. The van der Waals surface area contributed by atoms with Gasteiger partial charge in [-0.15, -0.1) is 0 Å². The third-order valence-corrected chi connectivity index (χ3v) is 3.07. The Morgan fingerprint density at radius 3 is 2.71 bits per heavy atom. The topological polar surface area (TPSA) is 54.0 Å². The van der Waals surface area contributed by atoms with Crippen LogP contribution in [0, 0.1) is 0 Å². The molecule has 5 heteroatoms. The zero-order valence-electron chi connectivity index (χ0n) is 13.3. The average molecular weight is 296 g/mol. The number of aliphatic hydroxyl groups is 1. The van der Waals surface area contributed by atoms with Crippen molar-refractivity contribution < 1.29 is 14.6 Å². The molecule has 0 saturated carbocycles. The van der Waals surface area contributed by atoms with Gasteiger partial charge in [-0.2, -0.15) is 0 Å². The van der Waals surface area contributed by atoms with Crippen molar-refractivity contribution in [2.75, 3.05) is 47.4 Å². The zero-order valence-corrected chi connectivity index (χ0v) is 13.3. The Balaban J connectivity index is 2.09. The van der Waals surface area contributed by atoms with E-state index in [0.29, 0.717) is 12.3 Å². The minimum atomic E-state index is -0.509. The summed E-state index contributed by atoms with van der Waals surface area (Å²) in [5.41, 5.74) is 0. The van der Waals surface area contributed by atoms with Crippen LogP contribution in [-0.4, -0.2) is 63.6 Å². The van der Waals surface area contributed by atoms with E-state index in [1.807, 2.05) is 18.2 Å². The van der Waals surface area contributed by atoms with Crippen molar-refractivity contribution in [3.05, 3.63) is 24.3 Å². The van der Waals surface area contributed by atoms with Gasteiger partial charge in [0.1, 0.15) is 24.2 Å². The SMILES string of the molecule is COc1cccc(OCC(O)CNCCCCN(C)C)c1. The molecular weight excluding hydrogens is 268 g/mol. The van der Waals surface area contributed by atoms with Gasteiger partial charge in [-0.1, -0.05) is 6.07 Å². The van der Waals surface area contributed by atoms with Crippen LogP contribution in [0.25, 0.3) is 0 Å². The Hall–Kier alpha value is -1.30. The van der Waals surface area contributed by atoms with Crippen molar-refractivity contribution in [1.82, 2.24) is 10.2 Å². The molecule has 1 aromatic carbocycles. The molecule has 0 heterocycles. The van der Waals surface area contributed by atoms with Crippen molar-refractivity contribution in [3.8, 4) is 11.5 Å². The minimum Gasteiger partial charge on any atom is -0.497 e. The van der Waals surface area contributed by atoms with Gasteiger partial charge in [0, 0.05) is 12.6 Å². The Kier molecular flexibility index (Phi) is 8.82. The highest BCUT2D eigenvalue weighted by Gasteiger charge is 2.05. The molecule has 1 atom stereocenters. The summed E-state index contributed by atoms with van der Waals surface area (Å²) < 4.78 is 10.7. The molecule has 21 heavy (non-hydrogen) atoms. The molecule has 1 rings (SSSR count). The Bertz CT molecular complexity index is 386. The van der Waals surface area contributed by atoms with Gasteiger partial charge >= 0.3 is 0 Å². The second-order valence-corrected chi connectivity index (χ2v) is 5.36. The summed E-state index contributed by atoms with van der Waals surface area (Å²) in [5.74, 6) is 1.46. The first-order valence-corrected chi connectivity index (χ1v) is 7.42. The predicted octanol–water partition coefficient (Wildman–Crippen LogP) is 1.37. The standard InChI is InChI=1S/C16H28N2O3/c1-18(2)10-5-4-9-17-12-14(19)13-21-16-8-6-7-15(11-16)20-3/h6-8,11,14,17,19H,4-5,9-10,12-13H2,1-3H3. The number of rotatable bonds is 11.